The summed E-state index contributed by atoms with van der Waals surface area (Å²) in [5.74, 6) is -1.35. The first-order chi connectivity index (χ1) is 9.74. The minimum absolute atomic E-state index is 0.214. The van der Waals surface area contributed by atoms with Crippen molar-refractivity contribution >= 4 is 22.8 Å². The Morgan fingerprint density at radius 3 is 2.75 bits per heavy atom. The molecule has 0 aliphatic heterocycles. The van der Waals surface area contributed by atoms with E-state index in [1.807, 2.05) is 24.3 Å². The number of hydrogen-bond donors (Lipinski definition) is 0. The van der Waals surface area contributed by atoms with Gasteiger partial charge in [0.15, 0.2) is 0 Å². The topological polar surface area (TPSA) is 48.3 Å². The Hall–Kier alpha value is -2.10. The summed E-state index contributed by atoms with van der Waals surface area (Å²) in [7, 11) is 0. The zero-order valence-electron chi connectivity index (χ0n) is 11.5. The third-order valence-corrected chi connectivity index (χ3v) is 3.83. The maximum atomic E-state index is 12.4. The van der Waals surface area contributed by atoms with E-state index in [0.29, 0.717) is 0 Å². The minimum Gasteiger partial charge on any atom is -0.459 e. The van der Waals surface area contributed by atoms with Gasteiger partial charge in [0.05, 0.1) is 12.1 Å². The van der Waals surface area contributed by atoms with E-state index in [4.69, 9.17) is 4.74 Å². The van der Waals surface area contributed by atoms with Gasteiger partial charge in [-0.05, 0) is 44.2 Å². The van der Waals surface area contributed by atoms with Crippen LogP contribution in [0.1, 0.15) is 35.8 Å². The van der Waals surface area contributed by atoms with Gasteiger partial charge in [-0.15, -0.1) is 0 Å². The highest BCUT2D eigenvalue weighted by Gasteiger charge is 2.27. The lowest BCUT2D eigenvalue weighted by Gasteiger charge is -2.14. The molecule has 1 heterocycles. The molecule has 0 atom stereocenters. The van der Waals surface area contributed by atoms with Crippen LogP contribution in [0.25, 0.3) is 10.9 Å². The number of rotatable bonds is 1. The first-order valence-corrected chi connectivity index (χ1v) is 7.06. The normalized spacial score (nSPS) is 14.1. The molecule has 0 spiro atoms. The summed E-state index contributed by atoms with van der Waals surface area (Å²) in [5.41, 5.74) is 3.01. The van der Waals surface area contributed by atoms with Crippen LogP contribution in [-0.4, -0.2) is 23.1 Å². The fourth-order valence-electron chi connectivity index (χ4n) is 3.01. The molecule has 0 unspecified atom stereocenters. The molecule has 0 saturated carbocycles. The second-order valence-electron chi connectivity index (χ2n) is 5.01. The molecule has 0 radical (unpaired) electrons. The zero-order valence-corrected chi connectivity index (χ0v) is 11.5. The number of hydrogen-bond acceptors (Lipinski definition) is 3. The molecule has 0 fully saturated rings. The third-order valence-electron chi connectivity index (χ3n) is 3.83. The van der Waals surface area contributed by atoms with Crippen LogP contribution in [0.4, 0.5) is 0 Å². The van der Waals surface area contributed by atoms with Crippen molar-refractivity contribution in [2.24, 2.45) is 0 Å². The number of aromatic nitrogens is 1. The largest absolute Gasteiger partial charge is 0.459 e. The van der Waals surface area contributed by atoms with Crippen molar-refractivity contribution in [2.45, 2.75) is 32.6 Å². The van der Waals surface area contributed by atoms with Crippen LogP contribution in [0.2, 0.25) is 0 Å². The van der Waals surface area contributed by atoms with Crippen LogP contribution in [-0.2, 0) is 22.4 Å². The van der Waals surface area contributed by atoms with Crippen molar-refractivity contribution < 1.29 is 14.3 Å². The quantitative estimate of drug-likeness (QED) is 0.592. The number of esters is 1. The van der Waals surface area contributed by atoms with Gasteiger partial charge < -0.3 is 4.74 Å². The summed E-state index contributed by atoms with van der Waals surface area (Å²) in [6.07, 6.45) is 4.00. The van der Waals surface area contributed by atoms with Gasteiger partial charge >= 0.3 is 11.9 Å². The molecule has 0 bridgehead atoms. The average Bonchev–Trinajstić information content (AvgIpc) is 2.81. The van der Waals surface area contributed by atoms with Gasteiger partial charge in [0.1, 0.15) is 0 Å². The molecule has 1 aliphatic carbocycles. The lowest BCUT2D eigenvalue weighted by Crippen LogP contribution is -2.26. The molecular weight excluding hydrogens is 254 g/mol. The number of ether oxygens (including phenoxy) is 1. The molecule has 20 heavy (non-hydrogen) atoms. The van der Waals surface area contributed by atoms with E-state index < -0.39 is 11.9 Å². The molecule has 3 rings (SSSR count). The Morgan fingerprint density at radius 2 is 1.95 bits per heavy atom. The molecular formula is C16H17NO3. The zero-order chi connectivity index (χ0) is 14.1. The number of para-hydroxylation sites is 1. The molecule has 1 aliphatic rings. The van der Waals surface area contributed by atoms with E-state index in [-0.39, 0.29) is 6.61 Å². The van der Waals surface area contributed by atoms with Crippen molar-refractivity contribution in [2.75, 3.05) is 6.61 Å². The molecule has 1 aromatic carbocycles. The van der Waals surface area contributed by atoms with Crippen molar-refractivity contribution in [3.8, 4) is 0 Å². The lowest BCUT2D eigenvalue weighted by molar-refractivity contribution is -0.138. The van der Waals surface area contributed by atoms with E-state index in [1.165, 1.54) is 5.56 Å². The van der Waals surface area contributed by atoms with E-state index >= 15 is 0 Å². The smallest absolute Gasteiger partial charge is 0.397 e. The van der Waals surface area contributed by atoms with Gasteiger partial charge in [0.2, 0.25) is 0 Å². The van der Waals surface area contributed by atoms with Gasteiger partial charge in [0.25, 0.3) is 0 Å². The highest BCUT2D eigenvalue weighted by Crippen LogP contribution is 2.32. The monoisotopic (exact) mass is 271 g/mol. The summed E-state index contributed by atoms with van der Waals surface area (Å²) in [4.78, 5) is 24.1. The first kappa shape index (κ1) is 12.9. The number of nitrogens with zero attached hydrogens (tertiary/aromatic N) is 1. The SMILES string of the molecule is CCOC(=O)C(=O)n1c2c(c3ccccc31)CCCC2. The predicted molar refractivity (Wildman–Crippen MR) is 75.8 cm³/mol. The van der Waals surface area contributed by atoms with Crippen molar-refractivity contribution in [1.82, 2.24) is 4.57 Å². The molecule has 0 amide bonds. The Kier molecular flexibility index (Phi) is 3.30. The van der Waals surface area contributed by atoms with Gasteiger partial charge in [-0.1, -0.05) is 18.2 Å². The lowest BCUT2D eigenvalue weighted by atomic mass is 9.95. The van der Waals surface area contributed by atoms with Crippen LogP contribution in [0.3, 0.4) is 0 Å². The Bertz CT molecular complexity index is 684. The van der Waals surface area contributed by atoms with Crippen molar-refractivity contribution in [3.63, 3.8) is 0 Å². The van der Waals surface area contributed by atoms with Crippen LogP contribution < -0.4 is 0 Å². The summed E-state index contributed by atoms with van der Waals surface area (Å²) in [5, 5.41) is 1.08. The van der Waals surface area contributed by atoms with E-state index in [9.17, 15) is 9.59 Å². The second kappa shape index (κ2) is 5.12. The van der Waals surface area contributed by atoms with Gasteiger partial charge in [-0.2, -0.15) is 0 Å². The second-order valence-corrected chi connectivity index (χ2v) is 5.01. The Labute approximate surface area is 117 Å². The number of aryl methyl sites for hydroxylation is 1. The molecule has 104 valence electrons. The predicted octanol–water partition coefficient (Wildman–Crippen LogP) is 2.72. The van der Waals surface area contributed by atoms with Crippen molar-refractivity contribution in [1.29, 1.82) is 0 Å². The summed E-state index contributed by atoms with van der Waals surface area (Å²) in [6.45, 7) is 1.92. The minimum atomic E-state index is -0.776. The van der Waals surface area contributed by atoms with E-state index in [1.54, 1.807) is 11.5 Å². The molecule has 4 heteroatoms. The summed E-state index contributed by atoms with van der Waals surface area (Å²) >= 11 is 0. The number of carbonyl (C=O) groups is 2. The Morgan fingerprint density at radius 1 is 1.20 bits per heavy atom. The van der Waals surface area contributed by atoms with Crippen LogP contribution in [0.15, 0.2) is 24.3 Å². The van der Waals surface area contributed by atoms with E-state index in [0.717, 1.165) is 42.3 Å². The Balaban J connectivity index is 2.19. The van der Waals surface area contributed by atoms with Gasteiger partial charge in [-0.25, -0.2) is 4.79 Å². The van der Waals surface area contributed by atoms with Crippen LogP contribution in [0, 0.1) is 0 Å². The third kappa shape index (κ3) is 1.92. The fourth-order valence-corrected chi connectivity index (χ4v) is 3.01. The molecule has 0 N–H and O–H groups in total. The average molecular weight is 271 g/mol. The molecule has 4 nitrogen and oxygen atoms in total. The van der Waals surface area contributed by atoms with E-state index in [2.05, 4.69) is 0 Å². The summed E-state index contributed by atoms with van der Waals surface area (Å²) < 4.78 is 6.42. The first-order valence-electron chi connectivity index (χ1n) is 7.06. The number of carbonyl (C=O) groups excluding carboxylic acids is 2. The standard InChI is InChI=1S/C16H17NO3/c1-2-20-16(19)15(18)17-13-9-5-3-7-11(13)12-8-4-6-10-14(12)17/h3,5,7,9H,2,4,6,8,10H2,1H3. The highest BCUT2D eigenvalue weighted by molar-refractivity contribution is 6.35. The molecule has 0 saturated heterocycles. The summed E-state index contributed by atoms with van der Waals surface area (Å²) in [6, 6.07) is 7.78. The van der Waals surface area contributed by atoms with Gasteiger partial charge in [0, 0.05) is 11.1 Å². The molecule has 1 aromatic heterocycles. The fraction of sp³-hybridized carbons (Fsp3) is 0.375. The highest BCUT2D eigenvalue weighted by atomic mass is 16.5. The van der Waals surface area contributed by atoms with Crippen LogP contribution in [0.5, 0.6) is 0 Å². The van der Waals surface area contributed by atoms with Crippen LogP contribution >= 0.6 is 0 Å². The molecule has 2 aromatic rings. The van der Waals surface area contributed by atoms with Gasteiger partial charge in [-0.3, -0.25) is 9.36 Å². The number of benzene rings is 1. The van der Waals surface area contributed by atoms with Crippen molar-refractivity contribution in [3.05, 3.63) is 35.5 Å². The maximum Gasteiger partial charge on any atom is 0.397 e. The number of fused-ring (bicyclic) bond motifs is 3. The maximum absolute atomic E-state index is 12.4.